The zero-order valence-corrected chi connectivity index (χ0v) is 15.4. The van der Waals surface area contributed by atoms with Gasteiger partial charge in [-0.25, -0.2) is 0 Å². The van der Waals surface area contributed by atoms with Gasteiger partial charge in [0.2, 0.25) is 0 Å². The van der Waals surface area contributed by atoms with Crippen molar-refractivity contribution in [2.75, 3.05) is 14.2 Å². The van der Waals surface area contributed by atoms with Gasteiger partial charge in [0.25, 0.3) is 0 Å². The summed E-state index contributed by atoms with van der Waals surface area (Å²) in [5.41, 5.74) is 2.34. The van der Waals surface area contributed by atoms with Crippen LogP contribution in [0.1, 0.15) is 58.1 Å². The first-order valence-electron chi connectivity index (χ1n) is 8.54. The van der Waals surface area contributed by atoms with E-state index in [1.54, 1.807) is 14.2 Å². The van der Waals surface area contributed by atoms with Crippen LogP contribution in [0.4, 0.5) is 0 Å². The van der Waals surface area contributed by atoms with Crippen LogP contribution in [0.25, 0.3) is 0 Å². The van der Waals surface area contributed by atoms with E-state index in [1.165, 1.54) is 24.8 Å². The molecule has 1 heterocycles. The van der Waals surface area contributed by atoms with E-state index in [1.807, 2.05) is 19.9 Å². The van der Waals surface area contributed by atoms with E-state index in [0.29, 0.717) is 12.1 Å². The first-order valence-corrected chi connectivity index (χ1v) is 8.54. The van der Waals surface area contributed by atoms with E-state index in [2.05, 4.69) is 31.7 Å². The van der Waals surface area contributed by atoms with Gasteiger partial charge in [-0.2, -0.15) is 0 Å². The van der Waals surface area contributed by atoms with Crippen molar-refractivity contribution in [2.24, 2.45) is 0 Å². The van der Waals surface area contributed by atoms with Crippen molar-refractivity contribution >= 4 is 0 Å². The Labute approximate surface area is 136 Å². The number of hydrogen-bond acceptors (Lipinski definition) is 3. The molecule has 3 heteroatoms. The van der Waals surface area contributed by atoms with E-state index >= 15 is 0 Å². The Balaban J connectivity index is 0.00000116. The summed E-state index contributed by atoms with van der Waals surface area (Å²) in [5.74, 6) is 1.86. The molecule has 1 aliphatic rings. The highest BCUT2D eigenvalue weighted by Crippen LogP contribution is 2.34. The van der Waals surface area contributed by atoms with Gasteiger partial charge in [0, 0.05) is 29.8 Å². The topological polar surface area (TPSA) is 21.7 Å². The van der Waals surface area contributed by atoms with E-state index in [9.17, 15) is 0 Å². The summed E-state index contributed by atoms with van der Waals surface area (Å²) in [4.78, 5) is 2.59. The normalized spacial score (nSPS) is 21.8. The Kier molecular flexibility index (Phi) is 7.74. The molecular formula is C19H33NO2. The number of hydrogen-bond donors (Lipinski definition) is 0. The number of piperidine rings is 1. The zero-order valence-electron chi connectivity index (χ0n) is 15.4. The lowest BCUT2D eigenvalue weighted by atomic mass is 9.96. The molecule has 2 unspecified atom stereocenters. The van der Waals surface area contributed by atoms with Crippen molar-refractivity contribution < 1.29 is 9.47 Å². The second-order valence-electron chi connectivity index (χ2n) is 5.89. The average Bonchev–Trinajstić information content (AvgIpc) is 2.53. The third-order valence-corrected chi connectivity index (χ3v) is 4.59. The summed E-state index contributed by atoms with van der Waals surface area (Å²) in [7, 11) is 3.45. The molecule has 0 N–H and O–H groups in total. The van der Waals surface area contributed by atoms with Crippen LogP contribution in [-0.2, 0) is 6.54 Å². The molecule has 0 spiro atoms. The van der Waals surface area contributed by atoms with Crippen LogP contribution in [0.15, 0.2) is 12.1 Å². The minimum atomic E-state index is 0.644. The molecule has 0 radical (unpaired) electrons. The highest BCUT2D eigenvalue weighted by molar-refractivity contribution is 5.49. The third-order valence-electron chi connectivity index (χ3n) is 4.59. The van der Waals surface area contributed by atoms with Crippen LogP contribution in [0, 0.1) is 6.92 Å². The molecule has 1 aromatic rings. The lowest BCUT2D eigenvalue weighted by molar-refractivity contribution is 0.0942. The maximum absolute atomic E-state index is 5.62. The maximum atomic E-state index is 5.62. The number of ether oxygens (including phenoxy) is 2. The summed E-state index contributed by atoms with van der Waals surface area (Å²) in [5, 5.41) is 0. The minimum Gasteiger partial charge on any atom is -0.496 e. The van der Waals surface area contributed by atoms with Crippen molar-refractivity contribution in [3.63, 3.8) is 0 Å². The number of benzene rings is 1. The van der Waals surface area contributed by atoms with E-state index < -0.39 is 0 Å². The number of rotatable bonds is 4. The van der Waals surface area contributed by atoms with Crippen LogP contribution in [0.5, 0.6) is 11.5 Å². The highest BCUT2D eigenvalue weighted by Gasteiger charge is 2.26. The Morgan fingerprint density at radius 1 is 1.05 bits per heavy atom. The molecule has 22 heavy (non-hydrogen) atoms. The van der Waals surface area contributed by atoms with Crippen molar-refractivity contribution in [1.82, 2.24) is 4.90 Å². The standard InChI is InChI=1S/C17H27NO2.C2H6/c1-12-7-6-8-13(2)18(12)11-15-9-10-16(19-4)14(3)17(15)20-5;1-2/h9-10,12-13H,6-8,11H2,1-5H3;1-2H3. The molecule has 1 fully saturated rings. The molecule has 1 aliphatic heterocycles. The van der Waals surface area contributed by atoms with Crippen LogP contribution < -0.4 is 9.47 Å². The van der Waals surface area contributed by atoms with E-state index in [0.717, 1.165) is 23.6 Å². The number of likely N-dealkylation sites (tertiary alicyclic amines) is 1. The van der Waals surface area contributed by atoms with Gasteiger partial charge in [0.1, 0.15) is 11.5 Å². The predicted octanol–water partition coefficient (Wildman–Crippen LogP) is 4.80. The molecule has 0 aromatic heterocycles. The summed E-state index contributed by atoms with van der Waals surface area (Å²) >= 11 is 0. The fraction of sp³-hybridized carbons (Fsp3) is 0.684. The molecule has 1 saturated heterocycles. The molecule has 126 valence electrons. The van der Waals surface area contributed by atoms with E-state index in [-0.39, 0.29) is 0 Å². The SMILES string of the molecule is CC.COc1ccc(CN2C(C)CCCC2C)c(OC)c1C. The molecule has 3 nitrogen and oxygen atoms in total. The maximum Gasteiger partial charge on any atom is 0.129 e. The fourth-order valence-corrected chi connectivity index (χ4v) is 3.34. The molecule has 1 aromatic carbocycles. The van der Waals surface area contributed by atoms with Crippen LogP contribution >= 0.6 is 0 Å². The molecule has 2 atom stereocenters. The molecule has 2 rings (SSSR count). The monoisotopic (exact) mass is 307 g/mol. The Hall–Kier alpha value is -1.22. The van der Waals surface area contributed by atoms with Gasteiger partial charge in [0.15, 0.2) is 0 Å². The van der Waals surface area contributed by atoms with Crippen molar-refractivity contribution in [3.8, 4) is 11.5 Å². The van der Waals surface area contributed by atoms with Crippen molar-refractivity contribution in [3.05, 3.63) is 23.3 Å². The van der Waals surface area contributed by atoms with E-state index in [4.69, 9.17) is 9.47 Å². The van der Waals surface area contributed by atoms with Crippen LogP contribution in [-0.4, -0.2) is 31.2 Å². The van der Waals surface area contributed by atoms with Crippen molar-refractivity contribution in [2.45, 2.75) is 72.5 Å². The number of methoxy groups -OCH3 is 2. The van der Waals surface area contributed by atoms with Crippen LogP contribution in [0.2, 0.25) is 0 Å². The van der Waals surface area contributed by atoms with Gasteiger partial charge in [-0.3, -0.25) is 4.90 Å². The molecule has 0 aliphatic carbocycles. The van der Waals surface area contributed by atoms with Gasteiger partial charge < -0.3 is 9.47 Å². The quantitative estimate of drug-likeness (QED) is 0.797. The molecule has 0 saturated carbocycles. The molecular weight excluding hydrogens is 274 g/mol. The van der Waals surface area contributed by atoms with Gasteiger partial charge >= 0.3 is 0 Å². The first-order chi connectivity index (χ1) is 10.6. The highest BCUT2D eigenvalue weighted by atomic mass is 16.5. The van der Waals surface area contributed by atoms with Crippen LogP contribution in [0.3, 0.4) is 0 Å². The first kappa shape index (κ1) is 18.8. The largest absolute Gasteiger partial charge is 0.496 e. The van der Waals surface area contributed by atoms with Crippen molar-refractivity contribution in [1.29, 1.82) is 0 Å². The second-order valence-corrected chi connectivity index (χ2v) is 5.89. The summed E-state index contributed by atoms with van der Waals surface area (Å²) in [6.07, 6.45) is 3.93. The lowest BCUT2D eigenvalue weighted by Crippen LogP contribution is -2.43. The zero-order chi connectivity index (χ0) is 16.7. The molecule has 0 amide bonds. The van der Waals surface area contributed by atoms with Gasteiger partial charge in [-0.15, -0.1) is 0 Å². The number of nitrogens with zero attached hydrogens (tertiary/aromatic N) is 1. The van der Waals surface area contributed by atoms with Gasteiger partial charge in [0.05, 0.1) is 14.2 Å². The average molecular weight is 307 g/mol. The Morgan fingerprint density at radius 3 is 2.14 bits per heavy atom. The fourth-order valence-electron chi connectivity index (χ4n) is 3.34. The minimum absolute atomic E-state index is 0.644. The predicted molar refractivity (Wildman–Crippen MR) is 93.9 cm³/mol. The molecule has 0 bridgehead atoms. The summed E-state index contributed by atoms with van der Waals surface area (Å²) < 4.78 is 11.0. The Bertz CT molecular complexity index is 449. The van der Waals surface area contributed by atoms with Gasteiger partial charge in [-0.05, 0) is 39.7 Å². The summed E-state index contributed by atoms with van der Waals surface area (Å²) in [6, 6.07) is 5.47. The summed E-state index contributed by atoms with van der Waals surface area (Å²) in [6.45, 7) is 11.7. The second kappa shape index (κ2) is 9.04. The van der Waals surface area contributed by atoms with Gasteiger partial charge in [-0.1, -0.05) is 26.3 Å². The Morgan fingerprint density at radius 2 is 1.64 bits per heavy atom. The third kappa shape index (κ3) is 4.16. The smallest absolute Gasteiger partial charge is 0.129 e. The lowest BCUT2D eigenvalue weighted by Gasteiger charge is -2.39.